The SMILES string of the molecule is Cl.O=C(NC1CCCCC1)N1CCN(CCOC(c2ccc(F)cc2)c2ccc(F)cc2)CC1. The normalized spacial score (nSPS) is 17.4. The van der Waals surface area contributed by atoms with Crippen molar-refractivity contribution in [3.8, 4) is 0 Å². The zero-order chi connectivity index (χ0) is 23.0. The Balaban J connectivity index is 0.00000324. The number of ether oxygens (including phenoxy) is 1. The molecule has 2 aromatic carbocycles. The molecule has 1 saturated heterocycles. The van der Waals surface area contributed by atoms with Crippen molar-refractivity contribution in [3.63, 3.8) is 0 Å². The highest BCUT2D eigenvalue weighted by Gasteiger charge is 2.24. The summed E-state index contributed by atoms with van der Waals surface area (Å²) < 4.78 is 33.0. The number of carbonyl (C=O) groups excluding carboxylic acids is 1. The van der Waals surface area contributed by atoms with E-state index in [1.54, 1.807) is 24.3 Å². The van der Waals surface area contributed by atoms with Crippen LogP contribution < -0.4 is 5.32 Å². The summed E-state index contributed by atoms with van der Waals surface area (Å²) in [5, 5.41) is 3.20. The standard InChI is InChI=1S/C26H33F2N3O2.ClH/c27-22-10-6-20(7-11-22)25(21-8-12-23(28)13-9-21)33-19-18-30-14-16-31(17-15-30)26(32)29-24-4-2-1-3-5-24;/h6-13,24-25H,1-5,14-19H2,(H,29,32);1H. The lowest BCUT2D eigenvalue weighted by atomic mass is 9.96. The Kier molecular flexibility index (Phi) is 10.1. The van der Waals surface area contributed by atoms with Crippen LogP contribution in [0.4, 0.5) is 13.6 Å². The average molecular weight is 494 g/mol. The molecule has 8 heteroatoms. The smallest absolute Gasteiger partial charge is 0.317 e. The second-order valence-electron chi connectivity index (χ2n) is 8.97. The first kappa shape index (κ1) is 26.4. The molecule has 0 spiro atoms. The first-order valence-corrected chi connectivity index (χ1v) is 12.0. The maximum Gasteiger partial charge on any atom is 0.317 e. The van der Waals surface area contributed by atoms with E-state index in [9.17, 15) is 13.6 Å². The number of urea groups is 1. The summed E-state index contributed by atoms with van der Waals surface area (Å²) in [7, 11) is 0. The fraction of sp³-hybridized carbons (Fsp3) is 0.500. The Bertz CT molecular complexity index is 838. The number of halogens is 3. The van der Waals surface area contributed by atoms with Gasteiger partial charge in [0.05, 0.1) is 6.61 Å². The molecule has 1 aliphatic heterocycles. The zero-order valence-electron chi connectivity index (χ0n) is 19.4. The topological polar surface area (TPSA) is 44.8 Å². The second kappa shape index (κ2) is 13.0. The summed E-state index contributed by atoms with van der Waals surface area (Å²) in [5.41, 5.74) is 1.65. The molecule has 1 heterocycles. The van der Waals surface area contributed by atoms with Crippen molar-refractivity contribution >= 4 is 18.4 Å². The van der Waals surface area contributed by atoms with Gasteiger partial charge in [0.1, 0.15) is 17.7 Å². The van der Waals surface area contributed by atoms with Crippen LogP contribution in [0.3, 0.4) is 0 Å². The van der Waals surface area contributed by atoms with E-state index >= 15 is 0 Å². The highest BCUT2D eigenvalue weighted by molar-refractivity contribution is 5.85. The second-order valence-corrected chi connectivity index (χ2v) is 8.97. The number of rotatable bonds is 7. The van der Waals surface area contributed by atoms with Crippen LogP contribution in [0, 0.1) is 11.6 Å². The minimum Gasteiger partial charge on any atom is -0.367 e. The summed E-state index contributed by atoms with van der Waals surface area (Å²) in [5.74, 6) is -0.607. The van der Waals surface area contributed by atoms with E-state index in [-0.39, 0.29) is 30.1 Å². The van der Waals surface area contributed by atoms with Crippen molar-refractivity contribution in [2.45, 2.75) is 44.2 Å². The predicted molar refractivity (Wildman–Crippen MR) is 131 cm³/mol. The van der Waals surface area contributed by atoms with E-state index in [1.807, 2.05) is 4.90 Å². The van der Waals surface area contributed by atoms with E-state index in [2.05, 4.69) is 10.2 Å². The summed E-state index contributed by atoms with van der Waals surface area (Å²) >= 11 is 0. The monoisotopic (exact) mass is 493 g/mol. The van der Waals surface area contributed by atoms with Crippen LogP contribution in [0.2, 0.25) is 0 Å². The van der Waals surface area contributed by atoms with Crippen LogP contribution in [0.15, 0.2) is 48.5 Å². The summed E-state index contributed by atoms with van der Waals surface area (Å²) in [4.78, 5) is 16.8. The lowest BCUT2D eigenvalue weighted by Gasteiger charge is -2.36. The van der Waals surface area contributed by atoms with E-state index in [0.717, 1.165) is 43.6 Å². The first-order chi connectivity index (χ1) is 16.1. The molecule has 0 bridgehead atoms. The minimum absolute atomic E-state index is 0. The largest absolute Gasteiger partial charge is 0.367 e. The van der Waals surface area contributed by atoms with E-state index < -0.39 is 6.10 Å². The minimum atomic E-state index is -0.395. The van der Waals surface area contributed by atoms with Gasteiger partial charge in [0.2, 0.25) is 0 Å². The lowest BCUT2D eigenvalue weighted by Crippen LogP contribution is -2.54. The number of carbonyl (C=O) groups is 1. The van der Waals surface area contributed by atoms with Crippen LogP contribution in [-0.4, -0.2) is 61.2 Å². The van der Waals surface area contributed by atoms with Crippen LogP contribution >= 0.6 is 12.4 Å². The Hall–Kier alpha value is -2.22. The lowest BCUT2D eigenvalue weighted by molar-refractivity contribution is 0.0489. The molecule has 186 valence electrons. The van der Waals surface area contributed by atoms with E-state index in [0.29, 0.717) is 25.7 Å². The van der Waals surface area contributed by atoms with Gasteiger partial charge in [-0.05, 0) is 48.2 Å². The predicted octanol–water partition coefficient (Wildman–Crippen LogP) is 5.15. The molecule has 0 radical (unpaired) electrons. The molecule has 0 atom stereocenters. The molecule has 1 saturated carbocycles. The Morgan fingerprint density at radius 2 is 1.41 bits per heavy atom. The molecule has 1 N–H and O–H groups in total. The van der Waals surface area contributed by atoms with Crippen molar-refractivity contribution in [3.05, 3.63) is 71.3 Å². The molecular formula is C26H34ClF2N3O2. The third-order valence-corrected chi connectivity index (χ3v) is 6.63. The van der Waals surface area contributed by atoms with Crippen molar-refractivity contribution in [2.75, 3.05) is 39.3 Å². The molecule has 2 amide bonds. The van der Waals surface area contributed by atoms with Gasteiger partial charge >= 0.3 is 6.03 Å². The molecule has 2 aromatic rings. The molecule has 1 aliphatic carbocycles. The highest BCUT2D eigenvalue weighted by Crippen LogP contribution is 2.26. The zero-order valence-corrected chi connectivity index (χ0v) is 20.2. The fourth-order valence-electron chi connectivity index (χ4n) is 4.65. The number of hydrogen-bond donors (Lipinski definition) is 1. The number of hydrogen-bond acceptors (Lipinski definition) is 3. The molecule has 34 heavy (non-hydrogen) atoms. The van der Waals surface area contributed by atoms with E-state index in [1.165, 1.54) is 43.5 Å². The molecule has 4 rings (SSSR count). The van der Waals surface area contributed by atoms with Crippen LogP contribution in [0.1, 0.15) is 49.3 Å². The number of nitrogens with zero attached hydrogens (tertiary/aromatic N) is 2. The van der Waals surface area contributed by atoms with Gasteiger partial charge in [-0.2, -0.15) is 0 Å². The summed E-state index contributed by atoms with van der Waals surface area (Å²) in [6.45, 7) is 4.24. The maximum absolute atomic E-state index is 13.4. The fourth-order valence-corrected chi connectivity index (χ4v) is 4.65. The molecular weight excluding hydrogens is 460 g/mol. The van der Waals surface area contributed by atoms with Gasteiger partial charge in [-0.3, -0.25) is 4.90 Å². The summed E-state index contributed by atoms with van der Waals surface area (Å²) in [6.07, 6.45) is 5.47. The van der Waals surface area contributed by atoms with Gasteiger partial charge in [0, 0.05) is 38.8 Å². The van der Waals surface area contributed by atoms with E-state index in [4.69, 9.17) is 4.74 Å². The number of amides is 2. The third-order valence-electron chi connectivity index (χ3n) is 6.63. The summed E-state index contributed by atoms with van der Waals surface area (Å²) in [6, 6.07) is 12.8. The molecule has 2 fully saturated rings. The Morgan fingerprint density at radius 1 is 0.882 bits per heavy atom. The van der Waals surface area contributed by atoms with Crippen molar-refractivity contribution < 1.29 is 18.3 Å². The van der Waals surface area contributed by atoms with Crippen molar-refractivity contribution in [1.82, 2.24) is 15.1 Å². The van der Waals surface area contributed by atoms with Crippen molar-refractivity contribution in [1.29, 1.82) is 0 Å². The van der Waals surface area contributed by atoms with Gasteiger partial charge in [-0.1, -0.05) is 43.5 Å². The highest BCUT2D eigenvalue weighted by atomic mass is 35.5. The van der Waals surface area contributed by atoms with Crippen LogP contribution in [-0.2, 0) is 4.74 Å². The third kappa shape index (κ3) is 7.39. The average Bonchev–Trinajstić information content (AvgIpc) is 2.84. The molecule has 0 unspecified atom stereocenters. The van der Waals surface area contributed by atoms with Gasteiger partial charge in [-0.25, -0.2) is 13.6 Å². The molecule has 2 aliphatic rings. The van der Waals surface area contributed by atoms with Crippen LogP contribution in [0.5, 0.6) is 0 Å². The van der Waals surface area contributed by atoms with Crippen molar-refractivity contribution in [2.24, 2.45) is 0 Å². The molecule has 0 aromatic heterocycles. The number of benzene rings is 2. The van der Waals surface area contributed by atoms with Gasteiger partial charge in [0.15, 0.2) is 0 Å². The first-order valence-electron chi connectivity index (χ1n) is 12.0. The Morgan fingerprint density at radius 3 is 1.94 bits per heavy atom. The van der Waals surface area contributed by atoms with Crippen LogP contribution in [0.25, 0.3) is 0 Å². The van der Waals surface area contributed by atoms with Gasteiger partial charge in [0.25, 0.3) is 0 Å². The Labute approximate surface area is 206 Å². The van der Waals surface area contributed by atoms with Gasteiger partial charge in [-0.15, -0.1) is 12.4 Å². The maximum atomic E-state index is 13.4. The molecule has 5 nitrogen and oxygen atoms in total. The quantitative estimate of drug-likeness (QED) is 0.580. The number of piperazine rings is 1. The number of nitrogens with one attached hydrogen (secondary N) is 1. The van der Waals surface area contributed by atoms with Gasteiger partial charge < -0.3 is 15.0 Å².